The maximum absolute atomic E-state index is 6.06. The van der Waals surface area contributed by atoms with Crippen molar-refractivity contribution in [2.45, 2.75) is 25.7 Å². The first kappa shape index (κ1) is 20.2. The van der Waals surface area contributed by atoms with Gasteiger partial charge < -0.3 is 36.5 Å². The molecule has 2 radical (unpaired) electrons. The van der Waals surface area contributed by atoms with Crippen molar-refractivity contribution >= 4 is 0 Å². The van der Waals surface area contributed by atoms with Crippen LogP contribution in [-0.2, 0) is 65.4 Å². The Kier molecular flexibility index (Phi) is 8.65. The van der Waals surface area contributed by atoms with Gasteiger partial charge in [-0.05, 0) is 12.8 Å². The standard InChI is InChI=1S/C20H16.2Y/c1-15-3-5-17-8-10-20(14-17)12-16(2)4-6-18-7-9-19(11-15)13-18;;/h1-4,7-10H,11-14H2;;/q-4;;. The summed E-state index contributed by atoms with van der Waals surface area (Å²) >= 11 is 0. The van der Waals surface area contributed by atoms with Crippen molar-refractivity contribution in [3.63, 3.8) is 0 Å². The van der Waals surface area contributed by atoms with E-state index in [1.807, 2.05) is 12.2 Å². The van der Waals surface area contributed by atoms with Crippen LogP contribution in [-0.4, -0.2) is 0 Å². The van der Waals surface area contributed by atoms with Crippen molar-refractivity contribution in [1.82, 2.24) is 0 Å². The number of allylic oxidation sites excluding steroid dienone is 14. The molecule has 0 aromatic rings. The van der Waals surface area contributed by atoms with Gasteiger partial charge in [-0.2, -0.15) is 23.3 Å². The molecule has 0 aromatic heterocycles. The van der Waals surface area contributed by atoms with E-state index in [4.69, 9.17) is 13.2 Å². The zero-order valence-electron chi connectivity index (χ0n) is 12.6. The zero-order chi connectivity index (χ0) is 13.9. The molecule has 0 aliphatic heterocycles. The van der Waals surface area contributed by atoms with Crippen LogP contribution >= 0.6 is 0 Å². The molecule has 0 nitrogen and oxygen atoms in total. The molecule has 0 aromatic carbocycles. The second kappa shape index (κ2) is 9.43. The Morgan fingerprint density at radius 1 is 0.636 bits per heavy atom. The maximum atomic E-state index is 6.06. The van der Waals surface area contributed by atoms with Gasteiger partial charge in [0.15, 0.2) is 0 Å². The molecule has 3 rings (SSSR count). The number of hydrogen-bond acceptors (Lipinski definition) is 0. The minimum Gasteiger partial charge on any atom is -0.357 e. The van der Waals surface area contributed by atoms with Crippen molar-refractivity contribution in [1.29, 1.82) is 0 Å². The van der Waals surface area contributed by atoms with E-state index in [1.165, 1.54) is 22.3 Å². The molecule has 0 fully saturated rings. The molecule has 0 spiro atoms. The van der Waals surface area contributed by atoms with Crippen molar-refractivity contribution < 1.29 is 65.4 Å². The van der Waals surface area contributed by atoms with E-state index >= 15 is 0 Å². The van der Waals surface area contributed by atoms with E-state index < -0.39 is 0 Å². The molecule has 106 valence electrons. The first-order chi connectivity index (χ1) is 9.69. The van der Waals surface area contributed by atoms with Gasteiger partial charge in [-0.3, -0.25) is 12.2 Å². The molecule has 0 unspecified atom stereocenters. The van der Waals surface area contributed by atoms with Gasteiger partial charge >= 0.3 is 0 Å². The monoisotopic (exact) mass is 434 g/mol. The Labute approximate surface area is 184 Å². The zero-order valence-corrected chi connectivity index (χ0v) is 18.3. The van der Waals surface area contributed by atoms with Gasteiger partial charge in [-0.25, -0.2) is 0 Å². The van der Waals surface area contributed by atoms with Gasteiger partial charge in [0.2, 0.25) is 0 Å². The second-order valence-corrected chi connectivity index (χ2v) is 5.47. The molecular weight excluding hydrogens is 418 g/mol. The molecule has 3 aliphatic carbocycles. The van der Waals surface area contributed by atoms with Crippen molar-refractivity contribution in [2.75, 3.05) is 0 Å². The Hall–Kier alpha value is 0.128. The predicted octanol–water partition coefficient (Wildman–Crippen LogP) is 4.73. The smallest absolute Gasteiger partial charge is 0 e. The van der Waals surface area contributed by atoms with E-state index in [9.17, 15) is 0 Å². The predicted molar refractivity (Wildman–Crippen MR) is 82.1 cm³/mol. The summed E-state index contributed by atoms with van der Waals surface area (Å²) in [5, 5.41) is 0. The van der Waals surface area contributed by atoms with Gasteiger partial charge in [0, 0.05) is 65.4 Å². The van der Waals surface area contributed by atoms with E-state index in [1.54, 1.807) is 0 Å². The average molecular weight is 434 g/mol. The number of rotatable bonds is 0. The fourth-order valence-electron chi connectivity index (χ4n) is 2.60. The summed E-state index contributed by atoms with van der Waals surface area (Å²) in [6, 6.07) is 0. The third-order valence-corrected chi connectivity index (χ3v) is 3.62. The van der Waals surface area contributed by atoms with Gasteiger partial charge in [0.05, 0.1) is 0 Å². The minimum atomic E-state index is 0. The molecule has 0 saturated carbocycles. The summed E-state index contributed by atoms with van der Waals surface area (Å²) in [6.07, 6.45) is 22.2. The van der Waals surface area contributed by atoms with E-state index in [2.05, 4.69) is 36.5 Å². The third-order valence-electron chi connectivity index (χ3n) is 3.62. The first-order valence-corrected chi connectivity index (χ1v) is 6.88. The number of fused-ring (bicyclic) bond motifs is 4. The fourth-order valence-corrected chi connectivity index (χ4v) is 2.60. The van der Waals surface area contributed by atoms with Crippen LogP contribution in [0.5, 0.6) is 0 Å². The SMILES string of the molecule is [CH-]=C1C=[C-]C2=CC=C(CC(=[CH-])C=[C-]C3=CC=C(C1)C3)C2.[Y].[Y]. The summed E-state index contributed by atoms with van der Waals surface area (Å²) in [7, 11) is 0. The quantitative estimate of drug-likeness (QED) is 0.484. The molecule has 0 N–H and O–H groups in total. The molecule has 0 atom stereocenters. The Morgan fingerprint density at radius 2 is 1.05 bits per heavy atom. The van der Waals surface area contributed by atoms with Crippen LogP contribution in [0.25, 0.3) is 0 Å². The van der Waals surface area contributed by atoms with Gasteiger partial charge in [-0.1, -0.05) is 24.0 Å². The Balaban J connectivity index is 0.00000121. The Bertz CT molecular complexity index is 591. The van der Waals surface area contributed by atoms with Crippen LogP contribution in [0.1, 0.15) is 25.7 Å². The molecule has 2 heteroatoms. The topological polar surface area (TPSA) is 0 Å². The average Bonchev–Trinajstić information content (AvgIpc) is 3.03. The van der Waals surface area contributed by atoms with E-state index in [0.717, 1.165) is 36.8 Å². The largest absolute Gasteiger partial charge is 0.357 e. The molecule has 0 heterocycles. The van der Waals surface area contributed by atoms with E-state index in [-0.39, 0.29) is 65.4 Å². The molecule has 3 aliphatic rings. The van der Waals surface area contributed by atoms with Crippen LogP contribution in [0.2, 0.25) is 0 Å². The second-order valence-electron chi connectivity index (χ2n) is 5.47. The summed E-state index contributed by atoms with van der Waals surface area (Å²) in [4.78, 5) is 0. The van der Waals surface area contributed by atoms with Gasteiger partial charge in [-0.15, -0.1) is 12.2 Å². The minimum absolute atomic E-state index is 0. The first-order valence-electron chi connectivity index (χ1n) is 6.88. The van der Waals surface area contributed by atoms with Crippen molar-refractivity contribution in [2.24, 2.45) is 0 Å². The van der Waals surface area contributed by atoms with Crippen LogP contribution in [0.3, 0.4) is 0 Å². The van der Waals surface area contributed by atoms with Gasteiger partial charge in [0.25, 0.3) is 0 Å². The normalized spacial score (nSPS) is 20.2. The molecule has 22 heavy (non-hydrogen) atoms. The van der Waals surface area contributed by atoms with Crippen molar-refractivity contribution in [3.8, 4) is 0 Å². The molecular formula is C20H16Y2-4. The Morgan fingerprint density at radius 3 is 1.45 bits per heavy atom. The number of hydrogen-bond donors (Lipinski definition) is 0. The molecule has 0 saturated heterocycles. The summed E-state index contributed by atoms with van der Waals surface area (Å²) in [5.74, 6) is 0. The fraction of sp³-hybridized carbons (Fsp3) is 0.200. The van der Waals surface area contributed by atoms with Crippen LogP contribution < -0.4 is 0 Å². The molecule has 0 amide bonds. The van der Waals surface area contributed by atoms with E-state index in [0.29, 0.717) is 0 Å². The van der Waals surface area contributed by atoms with Gasteiger partial charge in [0.1, 0.15) is 0 Å². The summed E-state index contributed by atoms with van der Waals surface area (Å²) < 4.78 is 0. The summed E-state index contributed by atoms with van der Waals surface area (Å²) in [5.41, 5.74) is 6.66. The summed E-state index contributed by atoms with van der Waals surface area (Å²) in [6.45, 7) is 12.1. The molecule has 4 bridgehead atoms. The third kappa shape index (κ3) is 5.64. The van der Waals surface area contributed by atoms with Crippen LogP contribution in [0.15, 0.2) is 69.9 Å². The van der Waals surface area contributed by atoms with Crippen LogP contribution in [0, 0.1) is 25.3 Å². The maximum Gasteiger partial charge on any atom is 0 e. The van der Waals surface area contributed by atoms with Crippen molar-refractivity contribution in [3.05, 3.63) is 95.2 Å². The van der Waals surface area contributed by atoms with Crippen LogP contribution in [0.4, 0.5) is 0 Å².